The minimum Gasteiger partial charge on any atom is -0.340 e. The molecule has 0 N–H and O–H groups in total. The Hall–Kier alpha value is -6.06. The molecule has 1 aromatic heterocycles. The molecule has 0 aliphatic heterocycles. The van der Waals surface area contributed by atoms with Crippen LogP contribution in [-0.4, -0.2) is 4.57 Å². The van der Waals surface area contributed by atoms with Crippen LogP contribution in [0.15, 0.2) is 60.7 Å². The van der Waals surface area contributed by atoms with Gasteiger partial charge in [0, 0.05) is 28.4 Å². The molecule has 1 aliphatic rings. The molecular formula is C37H17N. The lowest BCUT2D eigenvalue weighted by Gasteiger charge is -2.19. The largest absolute Gasteiger partial charge is 0.340 e. The summed E-state index contributed by atoms with van der Waals surface area (Å²) >= 11 is 0. The molecular weight excluding hydrogens is 458 g/mol. The van der Waals surface area contributed by atoms with Crippen molar-refractivity contribution in [3.63, 3.8) is 0 Å². The summed E-state index contributed by atoms with van der Waals surface area (Å²) < 4.78 is 2.36. The fourth-order valence-electron chi connectivity index (χ4n) is 5.04. The van der Waals surface area contributed by atoms with Crippen LogP contribution in [0.2, 0.25) is 0 Å². The summed E-state index contributed by atoms with van der Waals surface area (Å²) in [7, 11) is 0. The second kappa shape index (κ2) is 10.3. The Labute approximate surface area is 223 Å². The minimum atomic E-state index is -0.947. The first-order valence-corrected chi connectivity index (χ1v) is 11.9. The van der Waals surface area contributed by atoms with Crippen molar-refractivity contribution in [2.45, 2.75) is 18.9 Å². The predicted octanol–water partition coefficient (Wildman–Crippen LogP) is 5.37. The summed E-state index contributed by atoms with van der Waals surface area (Å²) in [6, 6.07) is 21.0. The van der Waals surface area contributed by atoms with Crippen molar-refractivity contribution in [3.05, 3.63) is 71.8 Å². The van der Waals surface area contributed by atoms with Crippen molar-refractivity contribution < 1.29 is 0 Å². The Morgan fingerprint density at radius 3 is 1.92 bits per heavy atom. The van der Waals surface area contributed by atoms with Crippen molar-refractivity contribution >= 4 is 21.8 Å². The Morgan fingerprint density at radius 2 is 1.24 bits per heavy atom. The van der Waals surface area contributed by atoms with E-state index >= 15 is 0 Å². The zero-order valence-corrected chi connectivity index (χ0v) is 20.6. The lowest BCUT2D eigenvalue weighted by molar-refractivity contribution is 0.827. The predicted molar refractivity (Wildman–Crippen MR) is 156 cm³/mol. The average Bonchev–Trinajstić information content (AvgIpc) is 3.43. The Kier molecular flexibility index (Phi) is 6.40. The van der Waals surface area contributed by atoms with Crippen LogP contribution in [0.25, 0.3) is 32.9 Å². The molecule has 0 fully saturated rings. The summed E-state index contributed by atoms with van der Waals surface area (Å²) in [6.45, 7) is 2.99. The fourth-order valence-corrected chi connectivity index (χ4v) is 5.04. The van der Waals surface area contributed by atoms with Gasteiger partial charge in [0.05, 0.1) is 5.52 Å². The molecule has 0 saturated carbocycles. The first-order valence-electron chi connectivity index (χ1n) is 11.9. The van der Waals surface area contributed by atoms with Crippen molar-refractivity contribution in [2.75, 3.05) is 0 Å². The molecule has 1 heteroatoms. The molecule has 0 atom stereocenters. The van der Waals surface area contributed by atoms with Crippen LogP contribution in [0.3, 0.4) is 0 Å². The quantitative estimate of drug-likeness (QED) is 0.327. The van der Waals surface area contributed by atoms with Gasteiger partial charge in [-0.15, -0.1) is 12.8 Å². The Bertz CT molecular complexity index is 2050. The topological polar surface area (TPSA) is 4.93 Å². The number of hydrogen-bond donors (Lipinski definition) is 0. The molecule has 170 valence electrons. The lowest BCUT2D eigenvalue weighted by atomic mass is 9.79. The third-order valence-corrected chi connectivity index (χ3v) is 6.40. The molecule has 0 unspecified atom stereocenters. The van der Waals surface area contributed by atoms with Gasteiger partial charge in [0.1, 0.15) is 5.41 Å². The van der Waals surface area contributed by atoms with Crippen molar-refractivity contribution in [3.8, 4) is 107 Å². The molecule has 0 bridgehead atoms. The highest BCUT2D eigenvalue weighted by Crippen LogP contribution is 2.52. The van der Waals surface area contributed by atoms with Gasteiger partial charge >= 0.3 is 0 Å². The van der Waals surface area contributed by atoms with Crippen LogP contribution in [0.1, 0.15) is 18.1 Å². The maximum atomic E-state index is 5.18. The Morgan fingerprint density at radius 1 is 0.632 bits per heavy atom. The molecule has 0 radical (unpaired) electrons. The summed E-state index contributed by atoms with van der Waals surface area (Å²) in [5.41, 5.74) is 5.62. The van der Waals surface area contributed by atoms with Crippen molar-refractivity contribution in [1.29, 1.82) is 0 Å². The van der Waals surface area contributed by atoms with Gasteiger partial charge in [-0.05, 0) is 101 Å². The van der Waals surface area contributed by atoms with E-state index < -0.39 is 5.41 Å². The maximum absolute atomic E-state index is 5.18. The van der Waals surface area contributed by atoms with Gasteiger partial charge in [-0.2, -0.15) is 0 Å². The fraction of sp³-hybridized carbons (Fsp3) is 0.0811. The third kappa shape index (κ3) is 3.83. The second-order valence-electron chi connectivity index (χ2n) is 8.23. The van der Waals surface area contributed by atoms with Crippen LogP contribution in [0.5, 0.6) is 0 Å². The molecule has 4 aromatic rings. The number of aromatic nitrogens is 1. The minimum absolute atomic E-state index is 0.825. The zero-order valence-electron chi connectivity index (χ0n) is 20.6. The average molecular weight is 476 g/mol. The molecule has 0 amide bonds. The summed E-state index contributed by atoms with van der Waals surface area (Å²) in [6.07, 6.45) is 10.4. The number of fused-ring (bicyclic) bond motifs is 7. The van der Waals surface area contributed by atoms with E-state index in [4.69, 9.17) is 12.8 Å². The number of hydrogen-bond acceptors (Lipinski definition) is 0. The highest BCUT2D eigenvalue weighted by Gasteiger charge is 2.42. The highest BCUT2D eigenvalue weighted by molar-refractivity contribution is 6.15. The van der Waals surface area contributed by atoms with Gasteiger partial charge in [-0.1, -0.05) is 66.4 Å². The normalized spacial score (nSPS) is 10.8. The number of aryl methyl sites for hydroxylation is 1. The van der Waals surface area contributed by atoms with E-state index in [9.17, 15) is 0 Å². The van der Waals surface area contributed by atoms with E-state index in [1.54, 1.807) is 0 Å². The monoisotopic (exact) mass is 475 g/mol. The van der Waals surface area contributed by atoms with Crippen LogP contribution in [0.4, 0.5) is 0 Å². The SMILES string of the molecule is C#CC#CC#CC#CC1(C#CC#CC#CC#C)c2ccccc2-c2c1ccc1c3ccccc3n(CC)c21. The lowest BCUT2D eigenvalue weighted by Crippen LogP contribution is -2.21. The van der Waals surface area contributed by atoms with Crippen LogP contribution < -0.4 is 0 Å². The van der Waals surface area contributed by atoms with Gasteiger partial charge in [0.2, 0.25) is 0 Å². The molecule has 5 rings (SSSR count). The number of nitrogens with zero attached hydrogens (tertiary/aromatic N) is 1. The van der Waals surface area contributed by atoms with Crippen LogP contribution in [-0.2, 0) is 12.0 Å². The van der Waals surface area contributed by atoms with E-state index in [1.165, 1.54) is 21.8 Å². The number of para-hydroxylation sites is 1. The Balaban J connectivity index is 1.88. The van der Waals surface area contributed by atoms with E-state index in [1.807, 2.05) is 12.1 Å². The van der Waals surface area contributed by atoms with Crippen molar-refractivity contribution in [2.24, 2.45) is 0 Å². The van der Waals surface area contributed by atoms with E-state index in [-0.39, 0.29) is 0 Å². The zero-order chi connectivity index (χ0) is 26.4. The van der Waals surface area contributed by atoms with Gasteiger partial charge in [-0.3, -0.25) is 0 Å². The van der Waals surface area contributed by atoms with Crippen LogP contribution in [0, 0.1) is 95.7 Å². The first kappa shape index (κ1) is 23.7. The van der Waals surface area contributed by atoms with Crippen molar-refractivity contribution in [1.82, 2.24) is 4.57 Å². The molecule has 3 aromatic carbocycles. The third-order valence-electron chi connectivity index (χ3n) is 6.40. The van der Waals surface area contributed by atoms with E-state index in [2.05, 4.69) is 143 Å². The first-order chi connectivity index (χ1) is 18.8. The molecule has 0 saturated heterocycles. The second-order valence-corrected chi connectivity index (χ2v) is 8.23. The number of terminal acetylenes is 2. The van der Waals surface area contributed by atoms with E-state index in [0.29, 0.717) is 0 Å². The van der Waals surface area contributed by atoms with Gasteiger partial charge in [0.25, 0.3) is 0 Å². The molecule has 1 nitrogen and oxygen atoms in total. The van der Waals surface area contributed by atoms with E-state index in [0.717, 1.165) is 28.8 Å². The summed E-state index contributed by atoms with van der Waals surface area (Å²) in [5.74, 6) is 38.3. The maximum Gasteiger partial charge on any atom is 0.145 e. The standard InChI is InChI=1S/C37H17N/c1-4-7-9-11-13-19-27-37(28-20-14-12-10-8-5-2)32-23-17-15-22-31(32)35-33(37)26-25-30-29-21-16-18-24-34(29)38(6-3)36(30)35/h1-2,15-18,21-26H,6H2,3H3. The van der Waals surface area contributed by atoms with Gasteiger partial charge in [0.15, 0.2) is 0 Å². The molecule has 0 spiro atoms. The number of benzene rings is 3. The number of rotatable bonds is 1. The summed E-state index contributed by atoms with van der Waals surface area (Å²) in [4.78, 5) is 0. The smallest absolute Gasteiger partial charge is 0.145 e. The van der Waals surface area contributed by atoms with Gasteiger partial charge in [-0.25, -0.2) is 0 Å². The van der Waals surface area contributed by atoms with Gasteiger partial charge < -0.3 is 4.57 Å². The summed E-state index contributed by atoms with van der Waals surface area (Å²) in [5, 5.41) is 2.41. The molecule has 1 aliphatic carbocycles. The highest BCUT2D eigenvalue weighted by atomic mass is 15.0. The van der Waals surface area contributed by atoms with Crippen LogP contribution >= 0.6 is 0 Å². The molecule has 38 heavy (non-hydrogen) atoms. The molecule has 1 heterocycles.